The summed E-state index contributed by atoms with van der Waals surface area (Å²) in [6.07, 6.45) is 4.50. The van der Waals surface area contributed by atoms with Crippen LogP contribution in [0.4, 0.5) is 0 Å². The highest BCUT2D eigenvalue weighted by atomic mass is 32.2. The molecule has 7 nitrogen and oxygen atoms in total. The van der Waals surface area contributed by atoms with E-state index >= 15 is 0 Å². The van der Waals surface area contributed by atoms with Gasteiger partial charge in [0, 0.05) is 31.7 Å². The van der Waals surface area contributed by atoms with Crippen molar-refractivity contribution in [1.82, 2.24) is 9.21 Å². The fourth-order valence-corrected chi connectivity index (χ4v) is 6.15. The van der Waals surface area contributed by atoms with E-state index in [-0.39, 0.29) is 16.6 Å². The van der Waals surface area contributed by atoms with Gasteiger partial charge in [0.2, 0.25) is 10.0 Å². The van der Waals surface area contributed by atoms with E-state index in [0.717, 1.165) is 43.4 Å². The van der Waals surface area contributed by atoms with Crippen molar-refractivity contribution in [3.05, 3.63) is 53.1 Å². The monoisotopic (exact) mass is 458 g/mol. The average molecular weight is 459 g/mol. The second kappa shape index (κ2) is 9.50. The van der Waals surface area contributed by atoms with Crippen molar-refractivity contribution in [1.29, 1.82) is 0 Å². The van der Waals surface area contributed by atoms with Crippen molar-refractivity contribution in [3.8, 4) is 11.5 Å². The number of benzene rings is 2. The van der Waals surface area contributed by atoms with Crippen LogP contribution in [-0.2, 0) is 23.0 Å². The summed E-state index contributed by atoms with van der Waals surface area (Å²) >= 11 is 0. The fourth-order valence-electron chi connectivity index (χ4n) is 4.45. The first kappa shape index (κ1) is 22.6. The number of fused-ring (bicyclic) bond motifs is 1. The molecule has 32 heavy (non-hydrogen) atoms. The van der Waals surface area contributed by atoms with Gasteiger partial charge in [-0.1, -0.05) is 18.9 Å². The lowest BCUT2D eigenvalue weighted by Crippen LogP contribution is -2.36. The predicted octanol–water partition coefficient (Wildman–Crippen LogP) is 3.47. The first-order valence-electron chi connectivity index (χ1n) is 11.1. The summed E-state index contributed by atoms with van der Waals surface area (Å²) in [5.74, 6) is 0.835. The summed E-state index contributed by atoms with van der Waals surface area (Å²) in [6.45, 7) is 2.03. The Kier molecular flexibility index (Phi) is 6.71. The van der Waals surface area contributed by atoms with Crippen LogP contribution in [0.3, 0.4) is 0 Å². The zero-order valence-corrected chi connectivity index (χ0v) is 19.5. The van der Waals surface area contributed by atoms with Crippen molar-refractivity contribution < 1.29 is 22.7 Å². The number of amides is 1. The lowest BCUT2D eigenvalue weighted by atomic mass is 9.99. The van der Waals surface area contributed by atoms with Gasteiger partial charge >= 0.3 is 0 Å². The van der Waals surface area contributed by atoms with Crippen molar-refractivity contribution in [3.63, 3.8) is 0 Å². The molecule has 0 spiro atoms. The molecule has 0 atom stereocenters. The number of carbonyl (C=O) groups excluding carboxylic acids is 1. The third kappa shape index (κ3) is 4.47. The Balaban J connectivity index is 1.62. The third-order valence-corrected chi connectivity index (χ3v) is 8.23. The highest BCUT2D eigenvalue weighted by Crippen LogP contribution is 2.31. The lowest BCUT2D eigenvalue weighted by Gasteiger charge is -2.29. The molecule has 4 rings (SSSR count). The largest absolute Gasteiger partial charge is 0.497 e. The summed E-state index contributed by atoms with van der Waals surface area (Å²) in [6, 6.07) is 10.6. The van der Waals surface area contributed by atoms with Gasteiger partial charge in [-0.3, -0.25) is 4.79 Å². The Morgan fingerprint density at radius 3 is 2.31 bits per heavy atom. The molecule has 0 saturated carbocycles. The van der Waals surface area contributed by atoms with Gasteiger partial charge in [-0.15, -0.1) is 0 Å². The molecule has 172 valence electrons. The van der Waals surface area contributed by atoms with E-state index in [1.165, 1.54) is 23.0 Å². The van der Waals surface area contributed by atoms with Crippen molar-refractivity contribution in [2.24, 2.45) is 0 Å². The lowest BCUT2D eigenvalue weighted by molar-refractivity contribution is 0.0734. The Morgan fingerprint density at radius 1 is 0.875 bits per heavy atom. The maximum atomic E-state index is 13.4. The van der Waals surface area contributed by atoms with Crippen molar-refractivity contribution >= 4 is 15.9 Å². The van der Waals surface area contributed by atoms with Crippen molar-refractivity contribution in [2.45, 2.75) is 43.5 Å². The second-order valence-electron chi connectivity index (χ2n) is 8.30. The molecule has 0 unspecified atom stereocenters. The minimum Gasteiger partial charge on any atom is -0.497 e. The highest BCUT2D eigenvalue weighted by Gasteiger charge is 2.30. The first-order valence-corrected chi connectivity index (χ1v) is 12.5. The van der Waals surface area contributed by atoms with E-state index in [2.05, 4.69) is 0 Å². The Hall–Kier alpha value is -2.58. The molecule has 1 fully saturated rings. The standard InChI is InChI=1S/C24H30N2O5S/c1-30-21-9-7-18-11-14-25(17-20(18)15-21)24(27)19-8-10-22(31-2)23(16-19)32(28,29)26-12-5-3-4-6-13-26/h7-10,15-16H,3-6,11-14,17H2,1-2H3. The van der Waals surface area contributed by atoms with Gasteiger partial charge in [0.15, 0.2) is 0 Å². The summed E-state index contributed by atoms with van der Waals surface area (Å²) < 4.78 is 39.0. The van der Waals surface area contributed by atoms with Crippen molar-refractivity contribution in [2.75, 3.05) is 33.9 Å². The summed E-state index contributed by atoms with van der Waals surface area (Å²) in [5.41, 5.74) is 2.61. The number of hydrogen-bond donors (Lipinski definition) is 0. The number of ether oxygens (including phenoxy) is 2. The number of hydrogen-bond acceptors (Lipinski definition) is 5. The molecule has 0 bridgehead atoms. The van der Waals surface area contributed by atoms with Crippen LogP contribution in [0, 0.1) is 0 Å². The van der Waals surface area contributed by atoms with E-state index in [4.69, 9.17) is 9.47 Å². The van der Waals surface area contributed by atoms with Crippen LogP contribution in [0.5, 0.6) is 11.5 Å². The normalized spacial score (nSPS) is 17.4. The molecule has 0 radical (unpaired) electrons. The van der Waals surface area contributed by atoms with Crippen LogP contribution in [-0.4, -0.2) is 57.4 Å². The molecule has 0 N–H and O–H groups in total. The van der Waals surface area contributed by atoms with Gasteiger partial charge in [-0.2, -0.15) is 4.31 Å². The van der Waals surface area contributed by atoms with E-state index in [1.807, 2.05) is 18.2 Å². The highest BCUT2D eigenvalue weighted by molar-refractivity contribution is 7.89. The van der Waals surface area contributed by atoms with Crippen LogP contribution in [0.25, 0.3) is 0 Å². The molecule has 2 aromatic rings. The number of nitrogens with zero attached hydrogens (tertiary/aromatic N) is 2. The molecular weight excluding hydrogens is 428 g/mol. The van der Waals surface area contributed by atoms with E-state index < -0.39 is 10.0 Å². The third-order valence-electron chi connectivity index (χ3n) is 6.31. The quantitative estimate of drug-likeness (QED) is 0.686. The van der Waals surface area contributed by atoms with Gasteiger partial charge in [0.05, 0.1) is 14.2 Å². The average Bonchev–Trinajstić information content (AvgIpc) is 3.12. The topological polar surface area (TPSA) is 76.1 Å². The van der Waals surface area contributed by atoms with Crippen LogP contribution >= 0.6 is 0 Å². The zero-order valence-electron chi connectivity index (χ0n) is 18.7. The zero-order chi connectivity index (χ0) is 22.7. The van der Waals surface area contributed by atoms with Gasteiger partial charge in [0.1, 0.15) is 16.4 Å². The molecule has 2 aliphatic rings. The number of sulfonamides is 1. The molecule has 1 saturated heterocycles. The van der Waals surface area contributed by atoms with Crippen LogP contribution < -0.4 is 9.47 Å². The Bertz CT molecular complexity index is 1090. The first-order chi connectivity index (χ1) is 15.4. The fraction of sp³-hybridized carbons (Fsp3) is 0.458. The minimum absolute atomic E-state index is 0.0619. The summed E-state index contributed by atoms with van der Waals surface area (Å²) in [7, 11) is -0.678. The predicted molar refractivity (Wildman–Crippen MR) is 122 cm³/mol. The molecular formula is C24H30N2O5S. The van der Waals surface area contributed by atoms with Crippen LogP contribution in [0.1, 0.15) is 47.2 Å². The molecule has 0 aliphatic carbocycles. The van der Waals surface area contributed by atoms with Gasteiger partial charge in [-0.05, 0) is 60.7 Å². The van der Waals surface area contributed by atoms with Crippen LogP contribution in [0.2, 0.25) is 0 Å². The molecule has 1 amide bonds. The molecule has 8 heteroatoms. The van der Waals surface area contributed by atoms with Gasteiger partial charge in [-0.25, -0.2) is 8.42 Å². The maximum absolute atomic E-state index is 13.4. The maximum Gasteiger partial charge on any atom is 0.254 e. The van der Waals surface area contributed by atoms with Crippen LogP contribution in [0.15, 0.2) is 41.3 Å². The molecule has 0 aromatic heterocycles. The van der Waals surface area contributed by atoms with E-state index in [9.17, 15) is 13.2 Å². The van der Waals surface area contributed by atoms with Gasteiger partial charge < -0.3 is 14.4 Å². The number of methoxy groups -OCH3 is 2. The molecule has 2 aromatic carbocycles. The number of rotatable bonds is 5. The smallest absolute Gasteiger partial charge is 0.254 e. The minimum atomic E-state index is -3.75. The summed E-state index contributed by atoms with van der Waals surface area (Å²) in [5, 5.41) is 0. The molecule has 2 aliphatic heterocycles. The van der Waals surface area contributed by atoms with Gasteiger partial charge in [0.25, 0.3) is 5.91 Å². The summed E-state index contributed by atoms with van der Waals surface area (Å²) in [4.78, 5) is 15.1. The Labute approximate surface area is 190 Å². The Morgan fingerprint density at radius 2 is 1.62 bits per heavy atom. The SMILES string of the molecule is COc1ccc2c(c1)CN(C(=O)c1ccc(OC)c(S(=O)(=O)N3CCCCCC3)c1)CC2. The van der Waals surface area contributed by atoms with E-state index in [1.54, 1.807) is 24.1 Å². The van der Waals surface area contributed by atoms with E-state index in [0.29, 0.717) is 31.7 Å². The molecule has 2 heterocycles. The number of carbonyl (C=O) groups is 1. The second-order valence-corrected chi connectivity index (χ2v) is 10.2.